The molecule has 1 aromatic heterocycles. The number of aromatic nitrogens is 1. The second kappa shape index (κ2) is 8.40. The number of carbonyl (C=O) groups is 2. The van der Waals surface area contributed by atoms with Crippen molar-refractivity contribution in [1.29, 1.82) is 0 Å². The number of amides is 1. The molecule has 1 atom stereocenters. The largest absolute Gasteiger partial charge is 0.460 e. The summed E-state index contributed by atoms with van der Waals surface area (Å²) in [6, 6.07) is 7.91. The van der Waals surface area contributed by atoms with E-state index in [1.807, 2.05) is 0 Å². The Bertz CT molecular complexity index is 801. The van der Waals surface area contributed by atoms with Crippen LogP contribution < -0.4 is 0 Å². The van der Waals surface area contributed by atoms with Gasteiger partial charge >= 0.3 is 5.97 Å². The number of nitrogens with zero attached hydrogens (tertiary/aromatic N) is 2. The fourth-order valence-corrected chi connectivity index (χ4v) is 3.27. The summed E-state index contributed by atoms with van der Waals surface area (Å²) >= 11 is 3.19. The lowest BCUT2D eigenvalue weighted by Gasteiger charge is -2.31. The SMILES string of the molecule is O=C(OCc1ccc(Br)cc1F)[C@@H]1CCCN(C(=O)c2ccncc2)C1. The molecule has 3 rings (SSSR count). The summed E-state index contributed by atoms with van der Waals surface area (Å²) < 4.78 is 19.7. The van der Waals surface area contributed by atoms with E-state index in [-0.39, 0.29) is 12.5 Å². The number of hydrogen-bond acceptors (Lipinski definition) is 4. The average Bonchev–Trinajstić information content (AvgIpc) is 2.67. The maximum Gasteiger partial charge on any atom is 0.311 e. The molecule has 26 heavy (non-hydrogen) atoms. The molecule has 7 heteroatoms. The van der Waals surface area contributed by atoms with E-state index in [1.165, 1.54) is 6.07 Å². The van der Waals surface area contributed by atoms with E-state index in [0.29, 0.717) is 35.1 Å². The number of likely N-dealkylation sites (tertiary alicyclic amines) is 1. The van der Waals surface area contributed by atoms with Crippen LogP contribution in [0.1, 0.15) is 28.8 Å². The standard InChI is InChI=1S/C19H18BrFN2O3/c20-16-4-3-15(17(21)10-16)12-26-19(25)14-2-1-9-23(11-14)18(24)13-5-7-22-8-6-13/h3-8,10,14H,1-2,9,11-12H2/t14-/m1/s1. The molecule has 0 unspecified atom stereocenters. The van der Waals surface area contributed by atoms with Gasteiger partial charge in [0.2, 0.25) is 0 Å². The molecule has 0 saturated carbocycles. The number of hydrogen-bond donors (Lipinski definition) is 0. The summed E-state index contributed by atoms with van der Waals surface area (Å²) in [7, 11) is 0. The first-order valence-electron chi connectivity index (χ1n) is 8.34. The molecule has 136 valence electrons. The summed E-state index contributed by atoms with van der Waals surface area (Å²) in [6.45, 7) is 0.793. The lowest BCUT2D eigenvalue weighted by molar-refractivity contribution is -0.151. The maximum absolute atomic E-state index is 13.8. The molecule has 0 radical (unpaired) electrons. The van der Waals surface area contributed by atoms with Gasteiger partial charge in [-0.3, -0.25) is 14.6 Å². The van der Waals surface area contributed by atoms with Crippen LogP contribution in [0.3, 0.4) is 0 Å². The quantitative estimate of drug-likeness (QED) is 0.709. The minimum absolute atomic E-state index is 0.118. The van der Waals surface area contributed by atoms with Gasteiger partial charge in [0.05, 0.1) is 5.92 Å². The van der Waals surface area contributed by atoms with Crippen molar-refractivity contribution in [3.63, 3.8) is 0 Å². The molecule has 1 saturated heterocycles. The van der Waals surface area contributed by atoms with E-state index in [9.17, 15) is 14.0 Å². The monoisotopic (exact) mass is 420 g/mol. The van der Waals surface area contributed by atoms with E-state index in [1.54, 1.807) is 41.6 Å². The van der Waals surface area contributed by atoms with Crippen LogP contribution in [0.25, 0.3) is 0 Å². The van der Waals surface area contributed by atoms with E-state index in [0.717, 1.165) is 6.42 Å². The number of rotatable bonds is 4. The molecule has 5 nitrogen and oxygen atoms in total. The van der Waals surface area contributed by atoms with Gasteiger partial charge in [0, 0.05) is 41.1 Å². The van der Waals surface area contributed by atoms with Crippen molar-refractivity contribution in [3.05, 3.63) is 64.1 Å². The predicted molar refractivity (Wildman–Crippen MR) is 96.8 cm³/mol. The Balaban J connectivity index is 1.58. The third kappa shape index (κ3) is 4.46. The van der Waals surface area contributed by atoms with Crippen molar-refractivity contribution in [1.82, 2.24) is 9.88 Å². The van der Waals surface area contributed by atoms with Gasteiger partial charge in [-0.05, 0) is 37.1 Å². The summed E-state index contributed by atoms with van der Waals surface area (Å²) in [5, 5.41) is 0. The minimum atomic E-state index is -0.426. The molecule has 0 spiro atoms. The number of esters is 1. The Labute approximate surface area is 159 Å². The number of ether oxygens (including phenoxy) is 1. The zero-order valence-electron chi connectivity index (χ0n) is 14.0. The molecule has 0 bridgehead atoms. The van der Waals surface area contributed by atoms with Crippen LogP contribution in [-0.4, -0.2) is 34.8 Å². The Hall–Kier alpha value is -2.28. The molecule has 0 aliphatic carbocycles. The van der Waals surface area contributed by atoms with Crippen molar-refractivity contribution in [3.8, 4) is 0 Å². The van der Waals surface area contributed by atoms with Crippen LogP contribution >= 0.6 is 15.9 Å². The Kier molecular flexibility index (Phi) is 5.98. The smallest absolute Gasteiger partial charge is 0.311 e. The molecule has 1 aliphatic rings. The first kappa shape index (κ1) is 18.5. The van der Waals surface area contributed by atoms with Crippen LogP contribution in [0.4, 0.5) is 4.39 Å². The fraction of sp³-hybridized carbons (Fsp3) is 0.316. The zero-order chi connectivity index (χ0) is 18.5. The van der Waals surface area contributed by atoms with Gasteiger partial charge in [-0.15, -0.1) is 0 Å². The number of carbonyl (C=O) groups excluding carboxylic acids is 2. The normalized spacial score (nSPS) is 17.0. The van der Waals surface area contributed by atoms with Crippen LogP contribution in [-0.2, 0) is 16.1 Å². The van der Waals surface area contributed by atoms with Gasteiger partial charge in [0.25, 0.3) is 5.91 Å². The lowest BCUT2D eigenvalue weighted by Crippen LogP contribution is -2.42. The lowest BCUT2D eigenvalue weighted by atomic mass is 9.97. The van der Waals surface area contributed by atoms with E-state index >= 15 is 0 Å². The molecular formula is C19H18BrFN2O3. The highest BCUT2D eigenvalue weighted by Crippen LogP contribution is 2.21. The number of benzene rings is 1. The van der Waals surface area contributed by atoms with Gasteiger partial charge in [-0.25, -0.2) is 4.39 Å². The molecular weight excluding hydrogens is 403 g/mol. The Morgan fingerprint density at radius 2 is 2.04 bits per heavy atom. The van der Waals surface area contributed by atoms with Gasteiger partial charge in [-0.2, -0.15) is 0 Å². The zero-order valence-corrected chi connectivity index (χ0v) is 15.6. The van der Waals surface area contributed by atoms with Crippen molar-refractivity contribution in [2.45, 2.75) is 19.4 Å². The summed E-state index contributed by atoms with van der Waals surface area (Å²) in [6.07, 6.45) is 4.51. The fourth-order valence-electron chi connectivity index (χ4n) is 2.94. The van der Waals surface area contributed by atoms with Crippen molar-refractivity contribution < 1.29 is 18.7 Å². The summed E-state index contributed by atoms with van der Waals surface area (Å²) in [5.41, 5.74) is 0.869. The van der Waals surface area contributed by atoms with E-state index in [4.69, 9.17) is 4.74 Å². The second-order valence-corrected chi connectivity index (χ2v) is 7.09. The molecule has 1 amide bonds. The molecule has 1 fully saturated rings. The van der Waals surface area contributed by atoms with E-state index in [2.05, 4.69) is 20.9 Å². The second-order valence-electron chi connectivity index (χ2n) is 6.17. The molecule has 1 aliphatic heterocycles. The van der Waals surface area contributed by atoms with E-state index < -0.39 is 17.7 Å². The maximum atomic E-state index is 13.8. The van der Waals surface area contributed by atoms with Crippen LogP contribution in [0, 0.1) is 11.7 Å². The minimum Gasteiger partial charge on any atom is -0.460 e. The van der Waals surface area contributed by atoms with Gasteiger partial charge in [0.15, 0.2) is 0 Å². The van der Waals surface area contributed by atoms with Gasteiger partial charge in [0.1, 0.15) is 12.4 Å². The number of pyridine rings is 1. The highest BCUT2D eigenvalue weighted by atomic mass is 79.9. The molecule has 1 aromatic carbocycles. The molecule has 2 aromatic rings. The number of halogens is 2. The van der Waals surface area contributed by atoms with Gasteiger partial charge < -0.3 is 9.64 Å². The van der Waals surface area contributed by atoms with Crippen LogP contribution in [0.15, 0.2) is 47.2 Å². The van der Waals surface area contributed by atoms with Crippen molar-refractivity contribution in [2.75, 3.05) is 13.1 Å². The average molecular weight is 421 g/mol. The highest BCUT2D eigenvalue weighted by molar-refractivity contribution is 9.10. The first-order valence-corrected chi connectivity index (χ1v) is 9.14. The molecule has 0 N–H and O–H groups in total. The topological polar surface area (TPSA) is 59.5 Å². The number of piperidine rings is 1. The third-order valence-electron chi connectivity index (χ3n) is 4.35. The van der Waals surface area contributed by atoms with Crippen molar-refractivity contribution >= 4 is 27.8 Å². The van der Waals surface area contributed by atoms with Crippen molar-refractivity contribution in [2.24, 2.45) is 5.92 Å². The first-order chi connectivity index (χ1) is 12.5. The van der Waals surface area contributed by atoms with Crippen LogP contribution in [0.2, 0.25) is 0 Å². The van der Waals surface area contributed by atoms with Gasteiger partial charge in [-0.1, -0.05) is 22.0 Å². The predicted octanol–water partition coefficient (Wildman–Crippen LogP) is 3.58. The Morgan fingerprint density at radius 1 is 1.27 bits per heavy atom. The highest BCUT2D eigenvalue weighted by Gasteiger charge is 2.30. The Morgan fingerprint density at radius 3 is 2.77 bits per heavy atom. The van der Waals surface area contributed by atoms with Crippen LogP contribution in [0.5, 0.6) is 0 Å². The molecule has 2 heterocycles. The summed E-state index contributed by atoms with van der Waals surface area (Å²) in [4.78, 5) is 30.4. The summed E-state index contributed by atoms with van der Waals surface area (Å²) in [5.74, 6) is -1.35. The third-order valence-corrected chi connectivity index (χ3v) is 4.85.